The molecule has 6 nitrogen and oxygen atoms in total. The fourth-order valence-electron chi connectivity index (χ4n) is 7.51. The van der Waals surface area contributed by atoms with E-state index in [1.165, 1.54) is 19.3 Å². The third kappa shape index (κ3) is 3.44. The van der Waals surface area contributed by atoms with E-state index in [1.54, 1.807) is 4.68 Å². The van der Waals surface area contributed by atoms with Crippen LogP contribution < -0.4 is 16.2 Å². The summed E-state index contributed by atoms with van der Waals surface area (Å²) in [6, 6.07) is 7.74. The van der Waals surface area contributed by atoms with E-state index in [0.29, 0.717) is 11.9 Å². The molecule has 0 atom stereocenters. The largest absolute Gasteiger partial charge is 0.333 e. The highest BCUT2D eigenvalue weighted by Gasteiger charge is 2.51. The van der Waals surface area contributed by atoms with Crippen molar-refractivity contribution in [2.75, 3.05) is 0 Å². The number of aromatic nitrogens is 2. The summed E-state index contributed by atoms with van der Waals surface area (Å²) in [6.45, 7) is 0.339. The summed E-state index contributed by atoms with van der Waals surface area (Å²) >= 11 is 0. The van der Waals surface area contributed by atoms with E-state index in [0.717, 1.165) is 73.8 Å². The topological polar surface area (TPSA) is 76.0 Å². The number of nitrogens with one attached hydrogen (secondary N) is 2. The fourth-order valence-corrected chi connectivity index (χ4v) is 7.51. The molecule has 2 aromatic rings. The van der Waals surface area contributed by atoms with Gasteiger partial charge in [-0.05, 0) is 75.2 Å². The Labute approximate surface area is 182 Å². The highest BCUT2D eigenvalue weighted by molar-refractivity contribution is 5.84. The van der Waals surface area contributed by atoms with Crippen molar-refractivity contribution in [2.24, 2.45) is 17.8 Å². The van der Waals surface area contributed by atoms with Crippen LogP contribution in [0.3, 0.4) is 0 Å². The Morgan fingerprint density at radius 2 is 1.61 bits per heavy atom. The Hall–Kier alpha value is -2.37. The van der Waals surface area contributed by atoms with Crippen molar-refractivity contribution < 1.29 is 4.79 Å². The summed E-state index contributed by atoms with van der Waals surface area (Å²) in [5.74, 6) is 2.39. The SMILES string of the molecule is O=C(NCc1nn(C2CCCC2)c(=O)c2ccccc12)NC12CC3CC(CC(C3)C1)C2. The molecule has 164 valence electrons. The van der Waals surface area contributed by atoms with E-state index in [4.69, 9.17) is 5.10 Å². The van der Waals surface area contributed by atoms with Gasteiger partial charge in [0.25, 0.3) is 5.56 Å². The van der Waals surface area contributed by atoms with E-state index in [1.807, 2.05) is 24.3 Å². The maximum absolute atomic E-state index is 13.0. The number of carbonyl (C=O) groups excluding carboxylic acids is 1. The van der Waals surface area contributed by atoms with E-state index in [9.17, 15) is 9.59 Å². The van der Waals surface area contributed by atoms with Crippen molar-refractivity contribution in [3.05, 3.63) is 40.3 Å². The number of benzene rings is 1. The van der Waals surface area contributed by atoms with Gasteiger partial charge in [0.1, 0.15) is 0 Å². The maximum atomic E-state index is 13.0. The molecule has 0 unspecified atom stereocenters. The predicted molar refractivity (Wildman–Crippen MR) is 120 cm³/mol. The molecule has 2 N–H and O–H groups in total. The zero-order valence-corrected chi connectivity index (χ0v) is 18.1. The lowest BCUT2D eigenvalue weighted by molar-refractivity contribution is -0.0135. The van der Waals surface area contributed by atoms with Crippen molar-refractivity contribution in [1.82, 2.24) is 20.4 Å². The number of urea groups is 1. The van der Waals surface area contributed by atoms with Crippen LogP contribution in [0.1, 0.15) is 75.9 Å². The zero-order valence-electron chi connectivity index (χ0n) is 18.1. The number of nitrogens with zero attached hydrogens (tertiary/aromatic N) is 2. The second-order valence-corrected chi connectivity index (χ2v) is 10.7. The zero-order chi connectivity index (χ0) is 21.0. The highest BCUT2D eigenvalue weighted by Crippen LogP contribution is 2.55. The normalized spacial score (nSPS) is 31.9. The van der Waals surface area contributed by atoms with Crippen LogP contribution in [0.25, 0.3) is 10.8 Å². The second kappa shape index (κ2) is 7.35. The molecule has 5 fully saturated rings. The van der Waals surface area contributed by atoms with Gasteiger partial charge in [0, 0.05) is 10.9 Å². The van der Waals surface area contributed by atoms with Crippen molar-refractivity contribution in [3.63, 3.8) is 0 Å². The van der Waals surface area contributed by atoms with Crippen molar-refractivity contribution in [3.8, 4) is 0 Å². The average Bonchev–Trinajstić information content (AvgIpc) is 3.27. The van der Waals surface area contributed by atoms with E-state index in [-0.39, 0.29) is 23.2 Å². The lowest BCUT2D eigenvalue weighted by atomic mass is 9.53. The number of rotatable bonds is 4. The first-order chi connectivity index (χ1) is 15.1. The van der Waals surface area contributed by atoms with Gasteiger partial charge in [0.2, 0.25) is 0 Å². The van der Waals surface area contributed by atoms with Crippen molar-refractivity contribution >= 4 is 16.8 Å². The lowest BCUT2D eigenvalue weighted by Crippen LogP contribution is -2.61. The molecule has 2 amide bonds. The quantitative estimate of drug-likeness (QED) is 0.775. The molecule has 31 heavy (non-hydrogen) atoms. The smallest absolute Gasteiger partial charge is 0.315 e. The Morgan fingerprint density at radius 3 is 2.26 bits per heavy atom. The van der Waals surface area contributed by atoms with Crippen molar-refractivity contribution in [1.29, 1.82) is 0 Å². The molecule has 0 aliphatic heterocycles. The first-order valence-corrected chi connectivity index (χ1v) is 12.1. The summed E-state index contributed by atoms with van der Waals surface area (Å²) in [6.07, 6.45) is 11.8. The molecular formula is C25H32N4O2. The Bertz CT molecular complexity index is 1030. The molecule has 0 radical (unpaired) electrons. The van der Waals surface area contributed by atoms with Crippen LogP contribution in [0, 0.1) is 17.8 Å². The Morgan fingerprint density at radius 1 is 1.00 bits per heavy atom. The second-order valence-electron chi connectivity index (χ2n) is 10.7. The van der Waals surface area contributed by atoms with Gasteiger partial charge < -0.3 is 10.6 Å². The highest BCUT2D eigenvalue weighted by atomic mass is 16.2. The van der Waals surface area contributed by atoms with Crippen molar-refractivity contribution in [2.45, 2.75) is 82.3 Å². The third-order valence-corrected chi connectivity index (χ3v) is 8.41. The van der Waals surface area contributed by atoms with Crippen LogP contribution in [-0.4, -0.2) is 21.4 Å². The fraction of sp³-hybridized carbons (Fsp3) is 0.640. The van der Waals surface area contributed by atoms with Gasteiger partial charge in [-0.25, -0.2) is 9.48 Å². The summed E-state index contributed by atoms with van der Waals surface area (Å²) in [4.78, 5) is 25.9. The molecule has 5 saturated carbocycles. The van der Waals surface area contributed by atoms with Gasteiger partial charge in [-0.15, -0.1) is 0 Å². The minimum atomic E-state index is -0.0913. The first kappa shape index (κ1) is 19.3. The molecule has 1 aromatic heterocycles. The van der Waals surface area contributed by atoms with Crippen LogP contribution in [0.5, 0.6) is 0 Å². The number of carbonyl (C=O) groups is 1. The molecule has 7 rings (SSSR count). The van der Waals surface area contributed by atoms with Crippen LogP contribution in [0.15, 0.2) is 29.1 Å². The van der Waals surface area contributed by atoms with Crippen LogP contribution >= 0.6 is 0 Å². The molecule has 0 saturated heterocycles. The average molecular weight is 421 g/mol. The summed E-state index contributed by atoms with van der Waals surface area (Å²) in [5.41, 5.74) is 0.767. The molecule has 0 spiro atoms. The monoisotopic (exact) mass is 420 g/mol. The standard InChI is InChI=1S/C25H32N4O2/c30-23-21-8-4-3-7-20(21)22(28-29(23)19-5-1-2-6-19)15-26-24(31)27-25-12-16-9-17(13-25)11-18(10-16)14-25/h3-4,7-8,16-19H,1-2,5-6,9-15H2,(H2,26,27,31). The number of hydrogen-bond acceptors (Lipinski definition) is 3. The van der Waals surface area contributed by atoms with Gasteiger partial charge in [-0.3, -0.25) is 4.79 Å². The predicted octanol–water partition coefficient (Wildman–Crippen LogP) is 4.28. The van der Waals surface area contributed by atoms with Gasteiger partial charge in [0.05, 0.1) is 23.7 Å². The first-order valence-electron chi connectivity index (χ1n) is 12.1. The lowest BCUT2D eigenvalue weighted by Gasteiger charge is -2.56. The Balaban J connectivity index is 1.22. The van der Waals surface area contributed by atoms with Crippen LogP contribution in [0.4, 0.5) is 4.79 Å². The van der Waals surface area contributed by atoms with Gasteiger partial charge >= 0.3 is 6.03 Å². The Kier molecular flexibility index (Phi) is 4.58. The van der Waals surface area contributed by atoms with Crippen LogP contribution in [0.2, 0.25) is 0 Å². The number of hydrogen-bond donors (Lipinski definition) is 2. The minimum absolute atomic E-state index is 0.00301. The van der Waals surface area contributed by atoms with E-state index >= 15 is 0 Å². The van der Waals surface area contributed by atoms with E-state index in [2.05, 4.69) is 10.6 Å². The van der Waals surface area contributed by atoms with Gasteiger partial charge in [-0.2, -0.15) is 5.10 Å². The summed E-state index contributed by atoms with van der Waals surface area (Å²) in [7, 11) is 0. The third-order valence-electron chi connectivity index (χ3n) is 8.41. The molecule has 1 heterocycles. The summed E-state index contributed by atoms with van der Waals surface area (Å²) < 4.78 is 1.68. The summed E-state index contributed by atoms with van der Waals surface area (Å²) in [5, 5.41) is 12.7. The maximum Gasteiger partial charge on any atom is 0.315 e. The molecule has 4 bridgehead atoms. The molecular weight excluding hydrogens is 388 g/mol. The number of amides is 2. The van der Waals surface area contributed by atoms with Gasteiger partial charge in [-0.1, -0.05) is 31.0 Å². The molecule has 6 heteroatoms. The van der Waals surface area contributed by atoms with E-state index < -0.39 is 0 Å². The van der Waals surface area contributed by atoms with Crippen LogP contribution in [-0.2, 0) is 6.54 Å². The molecule has 5 aliphatic carbocycles. The number of fused-ring (bicyclic) bond motifs is 1. The minimum Gasteiger partial charge on any atom is -0.333 e. The molecule has 1 aromatic carbocycles. The van der Waals surface area contributed by atoms with Gasteiger partial charge in [0.15, 0.2) is 0 Å². The molecule has 5 aliphatic rings.